The van der Waals surface area contributed by atoms with Gasteiger partial charge in [0.1, 0.15) is 17.4 Å². The second-order valence-corrected chi connectivity index (χ2v) is 3.18. The van der Waals surface area contributed by atoms with E-state index in [0.29, 0.717) is 0 Å². The highest BCUT2D eigenvalue weighted by Gasteiger charge is 2.19. The number of hydrogen-bond acceptors (Lipinski definition) is 2. The Balaban J connectivity index is 2.25. The molecular weight excluding hydrogens is 176 g/mol. The SMILES string of the molecule is CCC[C](c1ccco1)c1ccco1. The van der Waals surface area contributed by atoms with Crippen LogP contribution < -0.4 is 0 Å². The summed E-state index contributed by atoms with van der Waals surface area (Å²) in [5, 5.41) is 0. The van der Waals surface area contributed by atoms with E-state index in [1.807, 2.05) is 24.3 Å². The van der Waals surface area contributed by atoms with Crippen molar-refractivity contribution in [2.75, 3.05) is 0 Å². The van der Waals surface area contributed by atoms with Gasteiger partial charge in [0.15, 0.2) is 0 Å². The van der Waals surface area contributed by atoms with Gasteiger partial charge in [-0.05, 0) is 30.7 Å². The molecule has 0 saturated carbocycles. The van der Waals surface area contributed by atoms with Crippen LogP contribution in [0.3, 0.4) is 0 Å². The maximum atomic E-state index is 5.37. The number of hydrogen-bond donors (Lipinski definition) is 0. The molecule has 0 aliphatic heterocycles. The maximum Gasteiger partial charge on any atom is 0.118 e. The molecule has 2 rings (SSSR count). The van der Waals surface area contributed by atoms with E-state index < -0.39 is 0 Å². The molecule has 0 unspecified atom stereocenters. The van der Waals surface area contributed by atoms with Gasteiger partial charge < -0.3 is 8.83 Å². The van der Waals surface area contributed by atoms with Crippen LogP contribution in [-0.4, -0.2) is 0 Å². The van der Waals surface area contributed by atoms with Crippen molar-refractivity contribution in [1.29, 1.82) is 0 Å². The Morgan fingerprint density at radius 2 is 1.64 bits per heavy atom. The van der Waals surface area contributed by atoms with Gasteiger partial charge in [0.05, 0.1) is 12.5 Å². The van der Waals surface area contributed by atoms with Gasteiger partial charge >= 0.3 is 0 Å². The summed E-state index contributed by atoms with van der Waals surface area (Å²) in [4.78, 5) is 0. The van der Waals surface area contributed by atoms with E-state index >= 15 is 0 Å². The molecule has 14 heavy (non-hydrogen) atoms. The second-order valence-electron chi connectivity index (χ2n) is 3.18. The normalized spacial score (nSPS) is 11.0. The van der Waals surface area contributed by atoms with Crippen molar-refractivity contribution < 1.29 is 8.83 Å². The zero-order valence-corrected chi connectivity index (χ0v) is 8.19. The fourth-order valence-electron chi connectivity index (χ4n) is 1.52. The smallest absolute Gasteiger partial charge is 0.118 e. The molecule has 0 aromatic carbocycles. The molecule has 0 amide bonds. The third-order valence-corrected chi connectivity index (χ3v) is 2.14. The summed E-state index contributed by atoms with van der Waals surface area (Å²) in [6, 6.07) is 7.73. The molecule has 2 heterocycles. The van der Waals surface area contributed by atoms with Gasteiger partial charge in [-0.2, -0.15) is 0 Å². The Morgan fingerprint density at radius 1 is 1.07 bits per heavy atom. The predicted octanol–water partition coefficient (Wildman–Crippen LogP) is 3.64. The highest BCUT2D eigenvalue weighted by molar-refractivity contribution is 5.34. The number of rotatable bonds is 4. The van der Waals surface area contributed by atoms with Gasteiger partial charge in [-0.25, -0.2) is 0 Å². The van der Waals surface area contributed by atoms with Gasteiger partial charge in [0.2, 0.25) is 0 Å². The first kappa shape index (κ1) is 9.13. The quantitative estimate of drug-likeness (QED) is 0.733. The molecule has 73 valence electrons. The standard InChI is InChI=1S/C12H13O2/c1-2-5-10(11-6-3-8-13-11)12-7-4-9-14-12/h3-4,6-9H,2,5H2,1H3. The Morgan fingerprint density at radius 3 is 2.00 bits per heavy atom. The van der Waals surface area contributed by atoms with E-state index in [1.165, 1.54) is 0 Å². The van der Waals surface area contributed by atoms with Crippen molar-refractivity contribution in [3.05, 3.63) is 54.2 Å². The van der Waals surface area contributed by atoms with Crippen LogP contribution in [0.1, 0.15) is 31.3 Å². The second kappa shape index (κ2) is 4.18. The Hall–Kier alpha value is -1.44. The van der Waals surface area contributed by atoms with Gasteiger partial charge in [0, 0.05) is 0 Å². The fourth-order valence-corrected chi connectivity index (χ4v) is 1.52. The third-order valence-electron chi connectivity index (χ3n) is 2.14. The van der Waals surface area contributed by atoms with E-state index in [9.17, 15) is 0 Å². The topological polar surface area (TPSA) is 26.3 Å². The lowest BCUT2D eigenvalue weighted by Gasteiger charge is -2.08. The van der Waals surface area contributed by atoms with Gasteiger partial charge in [-0.1, -0.05) is 13.3 Å². The average molecular weight is 189 g/mol. The summed E-state index contributed by atoms with van der Waals surface area (Å²) in [5.41, 5.74) is 0. The van der Waals surface area contributed by atoms with Crippen molar-refractivity contribution in [2.45, 2.75) is 19.8 Å². The summed E-state index contributed by atoms with van der Waals surface area (Å²) >= 11 is 0. The van der Waals surface area contributed by atoms with Gasteiger partial charge in [-0.3, -0.25) is 0 Å². The average Bonchev–Trinajstić information content (AvgIpc) is 2.87. The molecule has 0 fully saturated rings. The molecule has 0 atom stereocenters. The molecule has 2 aromatic rings. The van der Waals surface area contributed by atoms with E-state index in [0.717, 1.165) is 30.3 Å². The van der Waals surface area contributed by atoms with Crippen molar-refractivity contribution >= 4 is 0 Å². The lowest BCUT2D eigenvalue weighted by Crippen LogP contribution is -1.98. The summed E-state index contributed by atoms with van der Waals surface area (Å²) in [6.45, 7) is 2.14. The molecule has 0 N–H and O–H groups in total. The minimum atomic E-state index is 0.904. The van der Waals surface area contributed by atoms with Crippen LogP contribution in [0, 0.1) is 5.92 Å². The molecular formula is C12H13O2. The van der Waals surface area contributed by atoms with E-state index in [4.69, 9.17) is 8.83 Å². The van der Waals surface area contributed by atoms with Crippen LogP contribution in [0.5, 0.6) is 0 Å². The summed E-state index contributed by atoms with van der Waals surface area (Å²) in [6.07, 6.45) is 5.43. The molecule has 0 bridgehead atoms. The molecule has 0 aliphatic carbocycles. The molecule has 1 radical (unpaired) electrons. The molecule has 2 aromatic heterocycles. The van der Waals surface area contributed by atoms with E-state index in [-0.39, 0.29) is 0 Å². The molecule has 0 spiro atoms. The lowest BCUT2D eigenvalue weighted by molar-refractivity contribution is 0.476. The highest BCUT2D eigenvalue weighted by Crippen LogP contribution is 2.28. The van der Waals surface area contributed by atoms with E-state index in [2.05, 4.69) is 6.92 Å². The first-order chi connectivity index (χ1) is 6.92. The largest absolute Gasteiger partial charge is 0.468 e. The highest BCUT2D eigenvalue weighted by atomic mass is 16.3. The first-order valence-electron chi connectivity index (χ1n) is 4.85. The first-order valence-corrected chi connectivity index (χ1v) is 4.85. The van der Waals surface area contributed by atoms with Crippen molar-refractivity contribution in [3.63, 3.8) is 0 Å². The molecule has 2 nitrogen and oxygen atoms in total. The summed E-state index contributed by atoms with van der Waals surface area (Å²) in [5.74, 6) is 2.95. The lowest BCUT2D eigenvalue weighted by atomic mass is 9.98. The van der Waals surface area contributed by atoms with Crippen LogP contribution in [0.25, 0.3) is 0 Å². The van der Waals surface area contributed by atoms with Crippen LogP contribution in [0.15, 0.2) is 45.6 Å². The molecule has 0 saturated heterocycles. The monoisotopic (exact) mass is 189 g/mol. The minimum Gasteiger partial charge on any atom is -0.468 e. The zero-order valence-electron chi connectivity index (χ0n) is 8.19. The molecule has 2 heteroatoms. The van der Waals surface area contributed by atoms with E-state index in [1.54, 1.807) is 12.5 Å². The van der Waals surface area contributed by atoms with Gasteiger partial charge in [0.25, 0.3) is 0 Å². The van der Waals surface area contributed by atoms with Crippen molar-refractivity contribution in [1.82, 2.24) is 0 Å². The predicted molar refractivity (Wildman–Crippen MR) is 53.8 cm³/mol. The third kappa shape index (κ3) is 1.74. The van der Waals surface area contributed by atoms with Crippen molar-refractivity contribution in [3.8, 4) is 0 Å². The molecule has 0 aliphatic rings. The van der Waals surface area contributed by atoms with Crippen LogP contribution in [0.2, 0.25) is 0 Å². The van der Waals surface area contributed by atoms with Crippen LogP contribution in [-0.2, 0) is 0 Å². The van der Waals surface area contributed by atoms with Crippen molar-refractivity contribution in [2.24, 2.45) is 0 Å². The summed E-state index contributed by atoms with van der Waals surface area (Å²) < 4.78 is 10.7. The minimum absolute atomic E-state index is 0.904. The van der Waals surface area contributed by atoms with Crippen LogP contribution in [0.4, 0.5) is 0 Å². The maximum absolute atomic E-state index is 5.37. The zero-order chi connectivity index (χ0) is 9.80. The Labute approximate surface area is 83.5 Å². The fraction of sp³-hybridized carbons (Fsp3) is 0.250. The Kier molecular flexibility index (Phi) is 2.73. The Bertz CT molecular complexity index is 311. The summed E-state index contributed by atoms with van der Waals surface area (Å²) in [7, 11) is 0. The van der Waals surface area contributed by atoms with Gasteiger partial charge in [-0.15, -0.1) is 0 Å². The number of furan rings is 2. The van der Waals surface area contributed by atoms with Crippen LogP contribution >= 0.6 is 0 Å².